The third-order valence-corrected chi connectivity index (χ3v) is 6.29. The topological polar surface area (TPSA) is 67.2 Å². The zero-order valence-corrected chi connectivity index (χ0v) is 16.2. The first kappa shape index (κ1) is 16.7. The van der Waals surface area contributed by atoms with Crippen molar-refractivity contribution in [3.63, 3.8) is 0 Å². The van der Waals surface area contributed by atoms with Gasteiger partial charge in [0.1, 0.15) is 5.01 Å². The summed E-state index contributed by atoms with van der Waals surface area (Å²) < 4.78 is 1.77. The fourth-order valence-electron chi connectivity index (χ4n) is 3.62. The highest BCUT2D eigenvalue weighted by Gasteiger charge is 2.23. The van der Waals surface area contributed by atoms with Crippen molar-refractivity contribution in [3.8, 4) is 0 Å². The molecular weight excluding hydrogens is 360 g/mol. The third-order valence-electron chi connectivity index (χ3n) is 5.39. The van der Waals surface area contributed by atoms with Crippen LogP contribution in [0.2, 0.25) is 0 Å². The molecule has 0 atom stereocenters. The van der Waals surface area contributed by atoms with Crippen LogP contribution in [0.3, 0.4) is 0 Å². The van der Waals surface area contributed by atoms with Crippen molar-refractivity contribution in [2.75, 3.05) is 36.0 Å². The van der Waals surface area contributed by atoms with E-state index in [1.54, 1.807) is 22.2 Å². The summed E-state index contributed by atoms with van der Waals surface area (Å²) in [6.07, 6.45) is 4.17. The molecule has 1 saturated carbocycles. The quantitative estimate of drug-likeness (QED) is 0.690. The lowest BCUT2D eigenvalue weighted by atomic mass is 10.2. The number of rotatable bonds is 4. The lowest BCUT2D eigenvalue weighted by molar-refractivity contribution is 0.602. The standard InChI is InChI=1S/C19H22N6OS/c1-13-21-22-19(27-13)24-8-6-23(7-9-24)15-4-5-16-17(10-15)20-12-25(18(16)26)11-14-2-3-14/h4-5,10,12,14H,2-3,6-9,11H2,1H3. The van der Waals surface area contributed by atoms with E-state index in [1.807, 2.05) is 19.1 Å². The van der Waals surface area contributed by atoms with Gasteiger partial charge in [0, 0.05) is 38.4 Å². The molecule has 27 heavy (non-hydrogen) atoms. The molecule has 1 aliphatic heterocycles. The Morgan fingerprint density at radius 3 is 2.59 bits per heavy atom. The fraction of sp³-hybridized carbons (Fsp3) is 0.474. The van der Waals surface area contributed by atoms with Crippen LogP contribution in [0.1, 0.15) is 17.8 Å². The largest absolute Gasteiger partial charge is 0.368 e. The molecular formula is C19H22N6OS. The summed E-state index contributed by atoms with van der Waals surface area (Å²) in [4.78, 5) is 21.9. The Balaban J connectivity index is 1.34. The van der Waals surface area contributed by atoms with Gasteiger partial charge in [0.2, 0.25) is 5.13 Å². The second-order valence-corrected chi connectivity index (χ2v) is 8.58. The average molecular weight is 382 g/mol. The summed E-state index contributed by atoms with van der Waals surface area (Å²) in [5, 5.41) is 11.1. The second kappa shape index (κ2) is 6.60. The van der Waals surface area contributed by atoms with E-state index in [0.29, 0.717) is 11.3 Å². The lowest BCUT2D eigenvalue weighted by Gasteiger charge is -2.35. The Labute approximate surface area is 161 Å². The van der Waals surface area contributed by atoms with Crippen LogP contribution in [-0.2, 0) is 6.54 Å². The molecule has 3 aromatic rings. The van der Waals surface area contributed by atoms with Gasteiger partial charge < -0.3 is 9.80 Å². The van der Waals surface area contributed by atoms with Gasteiger partial charge >= 0.3 is 0 Å². The number of aromatic nitrogens is 4. The number of hydrogen-bond acceptors (Lipinski definition) is 7. The van der Waals surface area contributed by atoms with Crippen molar-refractivity contribution in [1.82, 2.24) is 19.7 Å². The number of benzene rings is 1. The van der Waals surface area contributed by atoms with Crippen molar-refractivity contribution >= 4 is 33.1 Å². The van der Waals surface area contributed by atoms with E-state index in [1.165, 1.54) is 12.8 Å². The van der Waals surface area contributed by atoms with Gasteiger partial charge in [-0.2, -0.15) is 0 Å². The van der Waals surface area contributed by atoms with Crippen LogP contribution in [0.4, 0.5) is 10.8 Å². The van der Waals surface area contributed by atoms with Crippen molar-refractivity contribution in [2.24, 2.45) is 5.92 Å². The van der Waals surface area contributed by atoms with Crippen LogP contribution >= 0.6 is 11.3 Å². The Hall–Kier alpha value is -2.48. The van der Waals surface area contributed by atoms with Crippen molar-refractivity contribution in [1.29, 1.82) is 0 Å². The molecule has 140 valence electrons. The van der Waals surface area contributed by atoms with Gasteiger partial charge in [0.25, 0.3) is 5.56 Å². The summed E-state index contributed by atoms with van der Waals surface area (Å²) in [6.45, 7) is 6.46. The van der Waals surface area contributed by atoms with E-state index >= 15 is 0 Å². The maximum atomic E-state index is 12.7. The monoisotopic (exact) mass is 382 g/mol. The molecule has 0 spiro atoms. The summed E-state index contributed by atoms with van der Waals surface area (Å²) >= 11 is 1.64. The fourth-order valence-corrected chi connectivity index (χ4v) is 4.36. The number of nitrogens with zero attached hydrogens (tertiary/aromatic N) is 6. The molecule has 3 heterocycles. The molecule has 0 amide bonds. The van der Waals surface area contributed by atoms with Crippen LogP contribution in [-0.4, -0.2) is 45.9 Å². The Bertz CT molecular complexity index is 1030. The molecule has 0 N–H and O–H groups in total. The SMILES string of the molecule is Cc1nnc(N2CCN(c3ccc4c(=O)n(CC5CC5)cnc4c3)CC2)s1. The zero-order valence-electron chi connectivity index (χ0n) is 15.3. The van der Waals surface area contributed by atoms with Gasteiger partial charge in [0.15, 0.2) is 0 Å². The molecule has 5 rings (SSSR count). The number of hydrogen-bond donors (Lipinski definition) is 0. The van der Waals surface area contributed by atoms with E-state index in [-0.39, 0.29) is 5.56 Å². The van der Waals surface area contributed by atoms with Gasteiger partial charge in [-0.25, -0.2) is 4.98 Å². The van der Waals surface area contributed by atoms with Crippen molar-refractivity contribution < 1.29 is 0 Å². The highest BCUT2D eigenvalue weighted by Crippen LogP contribution is 2.30. The van der Waals surface area contributed by atoms with E-state index in [0.717, 1.165) is 54.1 Å². The predicted molar refractivity (Wildman–Crippen MR) is 108 cm³/mol. The molecule has 2 fully saturated rings. The first-order chi connectivity index (χ1) is 13.2. The highest BCUT2D eigenvalue weighted by molar-refractivity contribution is 7.15. The molecule has 1 aliphatic carbocycles. The summed E-state index contributed by atoms with van der Waals surface area (Å²) in [6, 6.07) is 6.03. The minimum Gasteiger partial charge on any atom is -0.368 e. The molecule has 1 aromatic carbocycles. The van der Waals surface area contributed by atoms with Crippen molar-refractivity contribution in [2.45, 2.75) is 26.3 Å². The van der Waals surface area contributed by atoms with E-state index in [4.69, 9.17) is 0 Å². The van der Waals surface area contributed by atoms with Crippen LogP contribution < -0.4 is 15.4 Å². The first-order valence-electron chi connectivity index (χ1n) is 9.46. The van der Waals surface area contributed by atoms with E-state index in [9.17, 15) is 4.79 Å². The normalized spacial score (nSPS) is 17.7. The van der Waals surface area contributed by atoms with Gasteiger partial charge in [-0.1, -0.05) is 11.3 Å². The maximum absolute atomic E-state index is 12.7. The number of fused-ring (bicyclic) bond motifs is 1. The third kappa shape index (κ3) is 3.29. The number of anilines is 2. The Kier molecular flexibility index (Phi) is 4.07. The van der Waals surface area contributed by atoms with Gasteiger partial charge in [-0.05, 0) is 43.9 Å². The Morgan fingerprint density at radius 2 is 1.89 bits per heavy atom. The minimum atomic E-state index is 0.0786. The number of piperazine rings is 1. The lowest BCUT2D eigenvalue weighted by Crippen LogP contribution is -2.46. The van der Waals surface area contributed by atoms with Crippen LogP contribution in [0.15, 0.2) is 29.3 Å². The zero-order chi connectivity index (χ0) is 18.4. The van der Waals surface area contributed by atoms with Gasteiger partial charge in [-0.3, -0.25) is 9.36 Å². The van der Waals surface area contributed by atoms with Gasteiger partial charge in [0.05, 0.1) is 17.2 Å². The van der Waals surface area contributed by atoms with Crippen LogP contribution in [0.5, 0.6) is 0 Å². The summed E-state index contributed by atoms with van der Waals surface area (Å²) in [5.74, 6) is 0.661. The molecule has 2 aliphatic rings. The van der Waals surface area contributed by atoms with Crippen LogP contribution in [0, 0.1) is 12.8 Å². The maximum Gasteiger partial charge on any atom is 0.261 e. The Morgan fingerprint density at radius 1 is 1.11 bits per heavy atom. The molecule has 7 nitrogen and oxygen atoms in total. The molecule has 8 heteroatoms. The van der Waals surface area contributed by atoms with E-state index < -0.39 is 0 Å². The molecule has 0 bridgehead atoms. The molecule has 0 unspecified atom stereocenters. The molecule has 0 radical (unpaired) electrons. The predicted octanol–water partition coefficient (Wildman–Crippen LogP) is 2.29. The first-order valence-corrected chi connectivity index (χ1v) is 10.3. The van der Waals surface area contributed by atoms with Crippen molar-refractivity contribution in [3.05, 3.63) is 39.9 Å². The second-order valence-electron chi connectivity index (χ2n) is 7.42. The number of aryl methyl sites for hydroxylation is 1. The highest BCUT2D eigenvalue weighted by atomic mass is 32.1. The molecule has 2 aromatic heterocycles. The van der Waals surface area contributed by atoms with Crippen LogP contribution in [0.25, 0.3) is 10.9 Å². The smallest absolute Gasteiger partial charge is 0.261 e. The van der Waals surface area contributed by atoms with E-state index in [2.05, 4.69) is 31.0 Å². The average Bonchev–Trinajstić information content (AvgIpc) is 3.41. The minimum absolute atomic E-state index is 0.0786. The summed E-state index contributed by atoms with van der Waals surface area (Å²) in [5.41, 5.74) is 1.99. The molecule has 1 saturated heterocycles. The van der Waals surface area contributed by atoms with Gasteiger partial charge in [-0.15, -0.1) is 10.2 Å². The summed E-state index contributed by atoms with van der Waals surface area (Å²) in [7, 11) is 0.